The molecule has 0 spiro atoms. The van der Waals surface area contributed by atoms with Crippen LogP contribution in [0.25, 0.3) is 0 Å². The predicted molar refractivity (Wildman–Crippen MR) is 99.8 cm³/mol. The normalized spacial score (nSPS) is 18.4. The van der Waals surface area contributed by atoms with Crippen molar-refractivity contribution < 1.29 is 0 Å². The summed E-state index contributed by atoms with van der Waals surface area (Å²) >= 11 is 10.4. The highest BCUT2D eigenvalue weighted by atomic mass is 32.5. The van der Waals surface area contributed by atoms with Gasteiger partial charge in [0.1, 0.15) is 0 Å². The average Bonchev–Trinajstić information content (AvgIpc) is 2.35. The van der Waals surface area contributed by atoms with Gasteiger partial charge in [-0.25, -0.2) is 9.53 Å². The Morgan fingerprint density at radius 2 is 1.25 bits per heavy atom. The van der Waals surface area contributed by atoms with Crippen LogP contribution in [0.15, 0.2) is 9.53 Å². The molecule has 0 rings (SSSR count). The van der Waals surface area contributed by atoms with Gasteiger partial charge in [-0.15, -0.1) is 0 Å². The monoisotopic (exact) mass is 356 g/mol. The molecule has 118 valence electrons. The first-order valence-corrected chi connectivity index (χ1v) is 12.3. The highest BCUT2D eigenvalue weighted by Crippen LogP contribution is 2.33. The summed E-state index contributed by atoms with van der Waals surface area (Å²) in [6, 6.07) is 0. The van der Waals surface area contributed by atoms with E-state index < -0.39 is 13.0 Å². The van der Waals surface area contributed by atoms with E-state index in [0.29, 0.717) is 0 Å². The van der Waals surface area contributed by atoms with E-state index in [9.17, 15) is 0 Å². The quantitative estimate of drug-likeness (QED) is 0.257. The van der Waals surface area contributed by atoms with Crippen LogP contribution < -0.4 is 21.2 Å². The predicted octanol–water partition coefficient (Wildman–Crippen LogP) is 2.27. The van der Waals surface area contributed by atoms with E-state index in [4.69, 9.17) is 34.6 Å². The third-order valence-electron chi connectivity index (χ3n) is 2.28. The van der Waals surface area contributed by atoms with E-state index in [1.165, 1.54) is 12.4 Å². The van der Waals surface area contributed by atoms with Crippen LogP contribution in [0.4, 0.5) is 0 Å². The Balaban J connectivity index is 4.23. The lowest BCUT2D eigenvalue weighted by Gasteiger charge is -2.13. The molecule has 6 nitrogen and oxygen atoms in total. The number of nitrogens with one attached hydrogen (secondary N) is 2. The summed E-state index contributed by atoms with van der Waals surface area (Å²) in [6.45, 7) is 1.08. The minimum atomic E-state index is -2.35. The van der Waals surface area contributed by atoms with E-state index in [0.717, 1.165) is 38.8 Å². The van der Waals surface area contributed by atoms with Crippen molar-refractivity contribution in [2.24, 2.45) is 20.5 Å². The second-order valence-corrected chi connectivity index (χ2v) is 11.2. The summed E-state index contributed by atoms with van der Waals surface area (Å²) in [5.41, 5.74) is 11.8. The molecule has 0 fully saturated rings. The smallest absolute Gasteiger partial charge is 0.180 e. The zero-order chi connectivity index (χ0) is 15.5. The van der Waals surface area contributed by atoms with Crippen LogP contribution in [-0.2, 0) is 23.6 Å². The highest BCUT2D eigenvalue weighted by Gasteiger charge is 2.06. The van der Waals surface area contributed by atoms with Crippen LogP contribution in [0, 0.1) is 0 Å². The molecule has 2 atom stereocenters. The third kappa shape index (κ3) is 12.2. The molecule has 0 radical (unpaired) electrons. The van der Waals surface area contributed by atoms with Gasteiger partial charge in [0.15, 0.2) is 13.0 Å². The Labute approximate surface area is 132 Å². The molecule has 0 saturated heterocycles. The van der Waals surface area contributed by atoms with Gasteiger partial charge in [-0.2, -0.15) is 0 Å². The van der Waals surface area contributed by atoms with E-state index in [2.05, 4.69) is 33.5 Å². The molecule has 2 unspecified atom stereocenters. The number of unbranched alkanes of at least 4 members (excludes halogenated alkanes) is 2. The minimum Gasteiger partial charge on any atom is -0.274 e. The van der Waals surface area contributed by atoms with Gasteiger partial charge >= 0.3 is 0 Å². The molecular formula is C10H26N6P2S2. The fraction of sp³-hybridized carbons (Fsp3) is 0.800. The maximum Gasteiger partial charge on any atom is 0.180 e. The molecule has 0 aliphatic heterocycles. The second-order valence-electron chi connectivity index (χ2n) is 4.30. The molecule has 0 aliphatic carbocycles. The van der Waals surface area contributed by atoms with Gasteiger partial charge in [-0.05, 0) is 36.5 Å². The van der Waals surface area contributed by atoms with Gasteiger partial charge < -0.3 is 0 Å². The van der Waals surface area contributed by atoms with Gasteiger partial charge in [0.25, 0.3) is 0 Å². The molecule has 0 aromatic heterocycles. The van der Waals surface area contributed by atoms with Gasteiger partial charge in [0.05, 0.1) is 0 Å². The summed E-state index contributed by atoms with van der Waals surface area (Å²) in [4.78, 5) is 0. The summed E-state index contributed by atoms with van der Waals surface area (Å²) in [7, 11) is 0. The third-order valence-corrected chi connectivity index (χ3v) is 5.93. The summed E-state index contributed by atoms with van der Waals surface area (Å²) in [5, 5.41) is 6.16. The molecule has 0 aromatic rings. The van der Waals surface area contributed by atoms with E-state index in [-0.39, 0.29) is 0 Å². The Bertz CT molecular complexity index is 375. The Morgan fingerprint density at radius 3 is 1.55 bits per heavy atom. The number of hydrogen-bond donors (Lipinski definition) is 4. The number of nitrogens with two attached hydrogens (primary N) is 2. The molecule has 10 heteroatoms. The maximum atomic E-state index is 5.90. The van der Waals surface area contributed by atoms with Crippen LogP contribution in [0.1, 0.15) is 39.5 Å². The van der Waals surface area contributed by atoms with Gasteiger partial charge in [0.2, 0.25) is 0 Å². The van der Waals surface area contributed by atoms with E-state index in [1.807, 2.05) is 0 Å². The fourth-order valence-electron chi connectivity index (χ4n) is 1.17. The summed E-state index contributed by atoms with van der Waals surface area (Å²) < 4.78 is 8.27. The van der Waals surface area contributed by atoms with Crippen molar-refractivity contribution in [2.75, 3.05) is 13.1 Å². The average molecular weight is 356 g/mol. The van der Waals surface area contributed by atoms with Crippen LogP contribution in [0.5, 0.6) is 0 Å². The zero-order valence-electron chi connectivity index (χ0n) is 12.2. The molecule has 0 amide bonds. The van der Waals surface area contributed by atoms with Crippen molar-refractivity contribution in [1.29, 1.82) is 0 Å². The van der Waals surface area contributed by atoms with Crippen molar-refractivity contribution in [3.8, 4) is 0 Å². The second kappa shape index (κ2) is 11.1. The lowest BCUT2D eigenvalue weighted by molar-refractivity contribution is 0.769. The van der Waals surface area contributed by atoms with Crippen molar-refractivity contribution >= 4 is 49.0 Å². The van der Waals surface area contributed by atoms with Crippen LogP contribution in [0.3, 0.4) is 0 Å². The van der Waals surface area contributed by atoms with E-state index in [1.54, 1.807) is 0 Å². The van der Waals surface area contributed by atoms with Gasteiger partial charge in [0, 0.05) is 25.5 Å². The molecule has 0 heterocycles. The van der Waals surface area contributed by atoms with Gasteiger partial charge in [-0.3, -0.25) is 21.2 Å². The summed E-state index contributed by atoms with van der Waals surface area (Å²) in [5.74, 6) is 0. The van der Waals surface area contributed by atoms with Crippen molar-refractivity contribution in [3.63, 3.8) is 0 Å². The van der Waals surface area contributed by atoms with Gasteiger partial charge in [-0.1, -0.05) is 26.7 Å². The molecule has 0 saturated carbocycles. The standard InChI is InChI=1S/C10H26N6P2S2/c1-3-5-7-13-17(11,19)15-9-10-16-18(12,20)14-8-6-4-2/h9-10H,3-8H2,1-2H3,(H3,11,13,19)(H3,12,14,20)/b15-9+,16-10+. The van der Waals surface area contributed by atoms with E-state index >= 15 is 0 Å². The maximum absolute atomic E-state index is 5.90. The number of hydrogen-bond acceptors (Lipinski definition) is 2. The Morgan fingerprint density at radius 1 is 0.900 bits per heavy atom. The molecule has 0 bridgehead atoms. The molecule has 6 N–H and O–H groups in total. The SMILES string of the molecule is CCCCNP(N)(=S)/N=C/C=N/P(N)(=S)NCCCC. The molecule has 20 heavy (non-hydrogen) atoms. The lowest BCUT2D eigenvalue weighted by Crippen LogP contribution is -2.16. The first-order chi connectivity index (χ1) is 9.33. The van der Waals surface area contributed by atoms with Crippen LogP contribution in [0.2, 0.25) is 0 Å². The molecular weight excluding hydrogens is 330 g/mol. The zero-order valence-corrected chi connectivity index (χ0v) is 15.6. The molecule has 0 aliphatic rings. The first kappa shape index (κ1) is 20.5. The largest absolute Gasteiger partial charge is 0.274 e. The topological polar surface area (TPSA) is 101 Å². The minimum absolute atomic E-state index is 0.784. The first-order valence-electron chi connectivity index (χ1n) is 6.70. The highest BCUT2D eigenvalue weighted by molar-refractivity contribution is 8.12. The number of nitrogens with zero attached hydrogens (tertiary/aromatic N) is 2. The summed E-state index contributed by atoms with van der Waals surface area (Å²) in [6.07, 6.45) is 7.23. The van der Waals surface area contributed by atoms with Crippen LogP contribution in [-0.4, -0.2) is 25.5 Å². The van der Waals surface area contributed by atoms with Crippen LogP contribution >= 0.6 is 13.0 Å². The van der Waals surface area contributed by atoms with Crippen molar-refractivity contribution in [2.45, 2.75) is 39.5 Å². The number of rotatable bonds is 11. The Kier molecular flexibility index (Phi) is 11.4. The Hall–Kier alpha value is 0.480. The van der Waals surface area contributed by atoms with Crippen molar-refractivity contribution in [1.82, 2.24) is 10.2 Å². The lowest BCUT2D eigenvalue weighted by atomic mass is 10.3. The fourth-order valence-corrected chi connectivity index (χ4v) is 3.68. The van der Waals surface area contributed by atoms with Crippen molar-refractivity contribution in [3.05, 3.63) is 0 Å². The molecule has 0 aromatic carbocycles.